The Morgan fingerprint density at radius 2 is 1.55 bits per heavy atom. The van der Waals surface area contributed by atoms with Crippen LogP contribution >= 0.6 is 0 Å². The van der Waals surface area contributed by atoms with Gasteiger partial charge in [0.25, 0.3) is 15.9 Å². The second-order valence-electron chi connectivity index (χ2n) is 8.13. The minimum Gasteiger partial charge on any atom is -0.326 e. The van der Waals surface area contributed by atoms with Gasteiger partial charge in [-0.25, -0.2) is 8.42 Å². The molecule has 0 radical (unpaired) electrons. The van der Waals surface area contributed by atoms with Crippen LogP contribution in [-0.4, -0.2) is 20.2 Å². The molecule has 0 aliphatic heterocycles. The van der Waals surface area contributed by atoms with Crippen molar-refractivity contribution in [1.29, 1.82) is 0 Å². The van der Waals surface area contributed by atoms with Crippen molar-refractivity contribution >= 4 is 38.9 Å². The lowest BCUT2D eigenvalue weighted by Crippen LogP contribution is -2.18. The largest absolute Gasteiger partial charge is 0.326 e. The Balaban J connectivity index is 1.80. The first-order valence-electron chi connectivity index (χ1n) is 10.5. The number of anilines is 3. The highest BCUT2D eigenvalue weighted by atomic mass is 32.2. The van der Waals surface area contributed by atoms with Gasteiger partial charge in [-0.3, -0.25) is 14.3 Å². The van der Waals surface area contributed by atoms with E-state index in [1.165, 1.54) is 18.2 Å². The van der Waals surface area contributed by atoms with E-state index in [2.05, 4.69) is 15.4 Å². The lowest BCUT2D eigenvalue weighted by molar-refractivity contribution is -0.118. The van der Waals surface area contributed by atoms with Gasteiger partial charge in [0.2, 0.25) is 5.91 Å². The highest BCUT2D eigenvalue weighted by molar-refractivity contribution is 7.92. The average Bonchev–Trinajstić information content (AvgIpc) is 2.75. The summed E-state index contributed by atoms with van der Waals surface area (Å²) in [6, 6.07) is 18.1. The predicted molar refractivity (Wildman–Crippen MR) is 131 cm³/mol. The van der Waals surface area contributed by atoms with Gasteiger partial charge in [-0.1, -0.05) is 38.1 Å². The third-order valence-corrected chi connectivity index (χ3v) is 6.33. The molecule has 2 amide bonds. The molecule has 0 saturated heterocycles. The molecule has 7 nitrogen and oxygen atoms in total. The number of carbonyl (C=O) groups is 2. The predicted octanol–water partition coefficient (Wildman–Crippen LogP) is 4.95. The third kappa shape index (κ3) is 6.20. The van der Waals surface area contributed by atoms with Gasteiger partial charge in [-0.2, -0.15) is 0 Å². The quantitative estimate of drug-likeness (QED) is 0.459. The van der Waals surface area contributed by atoms with Gasteiger partial charge in [0.05, 0.1) is 4.90 Å². The summed E-state index contributed by atoms with van der Waals surface area (Å²) >= 11 is 0. The standard InChI is InChI=1S/C25H27N3O4S/c1-16(2)24(29)26-20-12-11-18(4)23(15-20)27-25(30)19-8-6-10-22(14-19)33(31,32)28-21-9-5-7-17(3)13-21/h5-16,28H,1-4H3,(H,26,29)(H,27,30). The summed E-state index contributed by atoms with van der Waals surface area (Å²) in [6.45, 7) is 7.28. The van der Waals surface area contributed by atoms with Crippen LogP contribution in [0.4, 0.5) is 17.1 Å². The second-order valence-corrected chi connectivity index (χ2v) is 9.81. The molecule has 0 aliphatic carbocycles. The second kappa shape index (κ2) is 9.87. The van der Waals surface area contributed by atoms with Crippen molar-refractivity contribution in [2.75, 3.05) is 15.4 Å². The smallest absolute Gasteiger partial charge is 0.261 e. The fourth-order valence-electron chi connectivity index (χ4n) is 3.04. The Morgan fingerprint density at radius 1 is 0.818 bits per heavy atom. The van der Waals surface area contributed by atoms with E-state index in [9.17, 15) is 18.0 Å². The molecule has 0 atom stereocenters. The first kappa shape index (κ1) is 24.0. The van der Waals surface area contributed by atoms with E-state index in [-0.39, 0.29) is 22.3 Å². The molecule has 0 fully saturated rings. The Labute approximate surface area is 194 Å². The van der Waals surface area contributed by atoms with E-state index in [0.29, 0.717) is 17.1 Å². The summed E-state index contributed by atoms with van der Waals surface area (Å²) in [4.78, 5) is 24.8. The number of hydrogen-bond donors (Lipinski definition) is 3. The molecule has 3 aromatic carbocycles. The Kier molecular flexibility index (Phi) is 7.18. The van der Waals surface area contributed by atoms with E-state index in [0.717, 1.165) is 11.1 Å². The first-order valence-corrected chi connectivity index (χ1v) is 12.0. The molecule has 3 rings (SSSR count). The number of carbonyl (C=O) groups excluding carboxylic acids is 2. The lowest BCUT2D eigenvalue weighted by atomic mass is 10.1. The summed E-state index contributed by atoms with van der Waals surface area (Å²) in [5.41, 5.74) is 3.45. The molecule has 172 valence electrons. The van der Waals surface area contributed by atoms with Gasteiger partial charge in [-0.15, -0.1) is 0 Å². The summed E-state index contributed by atoms with van der Waals surface area (Å²) in [7, 11) is -3.87. The SMILES string of the molecule is Cc1cccc(NS(=O)(=O)c2cccc(C(=O)Nc3cc(NC(=O)C(C)C)ccc3C)c2)c1. The molecule has 3 aromatic rings. The van der Waals surface area contributed by atoms with Crippen molar-refractivity contribution < 1.29 is 18.0 Å². The molecule has 8 heteroatoms. The van der Waals surface area contributed by atoms with Crippen molar-refractivity contribution in [3.05, 3.63) is 83.4 Å². The molecular weight excluding hydrogens is 438 g/mol. The summed E-state index contributed by atoms with van der Waals surface area (Å²) in [5.74, 6) is -0.768. The molecular formula is C25H27N3O4S. The van der Waals surface area contributed by atoms with Crippen LogP contribution in [0.1, 0.15) is 35.3 Å². The molecule has 0 heterocycles. The van der Waals surface area contributed by atoms with Crippen molar-refractivity contribution in [2.24, 2.45) is 5.92 Å². The van der Waals surface area contributed by atoms with Gasteiger partial charge in [-0.05, 0) is 67.4 Å². The molecule has 0 saturated carbocycles. The molecule has 3 N–H and O–H groups in total. The number of nitrogens with one attached hydrogen (secondary N) is 3. The van der Waals surface area contributed by atoms with E-state index in [4.69, 9.17) is 0 Å². The Hall–Kier alpha value is -3.65. The fraction of sp³-hybridized carbons (Fsp3) is 0.200. The summed E-state index contributed by atoms with van der Waals surface area (Å²) in [6.07, 6.45) is 0. The molecule has 33 heavy (non-hydrogen) atoms. The van der Waals surface area contributed by atoms with Gasteiger partial charge in [0, 0.05) is 28.5 Å². The number of benzene rings is 3. The third-order valence-electron chi connectivity index (χ3n) is 4.95. The molecule has 0 spiro atoms. The number of aryl methyl sites for hydroxylation is 2. The lowest BCUT2D eigenvalue weighted by Gasteiger charge is -2.13. The fourth-order valence-corrected chi connectivity index (χ4v) is 4.14. The van der Waals surface area contributed by atoms with Crippen LogP contribution in [0.5, 0.6) is 0 Å². The van der Waals surface area contributed by atoms with Crippen LogP contribution < -0.4 is 15.4 Å². The van der Waals surface area contributed by atoms with Crippen LogP contribution in [0.25, 0.3) is 0 Å². The first-order chi connectivity index (χ1) is 15.5. The number of sulfonamides is 1. The van der Waals surface area contributed by atoms with E-state index < -0.39 is 15.9 Å². The van der Waals surface area contributed by atoms with E-state index in [1.807, 2.05) is 19.9 Å². The normalized spacial score (nSPS) is 11.2. The topological polar surface area (TPSA) is 104 Å². The highest BCUT2D eigenvalue weighted by Crippen LogP contribution is 2.23. The highest BCUT2D eigenvalue weighted by Gasteiger charge is 2.17. The van der Waals surface area contributed by atoms with E-state index >= 15 is 0 Å². The van der Waals surface area contributed by atoms with Crippen LogP contribution in [0, 0.1) is 19.8 Å². The van der Waals surface area contributed by atoms with Gasteiger partial charge in [0.1, 0.15) is 0 Å². The zero-order chi connectivity index (χ0) is 24.2. The minimum absolute atomic E-state index is 0.0219. The van der Waals surface area contributed by atoms with Gasteiger partial charge < -0.3 is 10.6 Å². The number of rotatable bonds is 7. The zero-order valence-corrected chi connectivity index (χ0v) is 19.8. The summed E-state index contributed by atoms with van der Waals surface area (Å²) < 4.78 is 28.2. The number of hydrogen-bond acceptors (Lipinski definition) is 4. The molecule has 0 bridgehead atoms. The zero-order valence-electron chi connectivity index (χ0n) is 19.0. The van der Waals surface area contributed by atoms with Crippen molar-refractivity contribution in [3.63, 3.8) is 0 Å². The molecule has 0 unspecified atom stereocenters. The van der Waals surface area contributed by atoms with Crippen LogP contribution in [0.3, 0.4) is 0 Å². The van der Waals surface area contributed by atoms with Crippen LogP contribution in [0.2, 0.25) is 0 Å². The number of amides is 2. The van der Waals surface area contributed by atoms with Crippen LogP contribution in [-0.2, 0) is 14.8 Å². The molecule has 0 aromatic heterocycles. The maximum Gasteiger partial charge on any atom is 0.261 e. The van der Waals surface area contributed by atoms with Crippen molar-refractivity contribution in [3.8, 4) is 0 Å². The Bertz CT molecular complexity index is 1300. The maximum atomic E-state index is 12.9. The van der Waals surface area contributed by atoms with Gasteiger partial charge in [0.15, 0.2) is 0 Å². The summed E-state index contributed by atoms with van der Waals surface area (Å²) in [5, 5.41) is 5.60. The molecule has 0 aliphatic rings. The van der Waals surface area contributed by atoms with E-state index in [1.54, 1.807) is 56.3 Å². The van der Waals surface area contributed by atoms with Crippen molar-refractivity contribution in [1.82, 2.24) is 0 Å². The van der Waals surface area contributed by atoms with Gasteiger partial charge >= 0.3 is 0 Å². The minimum atomic E-state index is -3.87. The maximum absolute atomic E-state index is 12.9. The Morgan fingerprint density at radius 3 is 2.24 bits per heavy atom. The van der Waals surface area contributed by atoms with Crippen LogP contribution in [0.15, 0.2) is 71.6 Å². The monoisotopic (exact) mass is 465 g/mol. The van der Waals surface area contributed by atoms with Crippen molar-refractivity contribution in [2.45, 2.75) is 32.6 Å². The average molecular weight is 466 g/mol.